The van der Waals surface area contributed by atoms with E-state index in [-0.39, 0.29) is 22.3 Å². The van der Waals surface area contributed by atoms with Gasteiger partial charge in [0.25, 0.3) is 0 Å². The minimum Gasteiger partial charge on any atom is -0.506 e. The van der Waals surface area contributed by atoms with E-state index < -0.39 is 10.0 Å². The number of hydrogen-bond donors (Lipinski definition) is 2. The molecule has 0 aliphatic rings. The number of rotatable bonds is 10. The SMILES string of the molecule is CC(=O)c1ccc(S(=O)(=O)N(CCCCc2cccc(N)c2O)CC(C)C)cc1. The van der Waals surface area contributed by atoms with E-state index in [0.717, 1.165) is 12.0 Å². The van der Waals surface area contributed by atoms with Crippen molar-refractivity contribution in [2.75, 3.05) is 18.8 Å². The average molecular weight is 419 g/mol. The molecule has 2 aromatic carbocycles. The van der Waals surface area contributed by atoms with E-state index >= 15 is 0 Å². The molecule has 0 saturated carbocycles. The lowest BCUT2D eigenvalue weighted by Crippen LogP contribution is -2.35. The van der Waals surface area contributed by atoms with Crippen molar-refractivity contribution in [1.82, 2.24) is 4.31 Å². The van der Waals surface area contributed by atoms with Crippen molar-refractivity contribution in [3.8, 4) is 5.75 Å². The van der Waals surface area contributed by atoms with Gasteiger partial charge in [0, 0.05) is 18.7 Å². The number of hydrogen-bond acceptors (Lipinski definition) is 5. The molecule has 2 rings (SSSR count). The van der Waals surface area contributed by atoms with Gasteiger partial charge in [-0.2, -0.15) is 4.31 Å². The highest BCUT2D eigenvalue weighted by atomic mass is 32.2. The Kier molecular flexibility index (Phi) is 7.81. The topological polar surface area (TPSA) is 101 Å². The van der Waals surface area contributed by atoms with Gasteiger partial charge in [0.2, 0.25) is 10.0 Å². The fraction of sp³-hybridized carbons (Fsp3) is 0.409. The minimum absolute atomic E-state index is 0.0993. The number of aryl methyl sites for hydroxylation is 1. The number of unbranched alkanes of at least 4 members (excludes halogenated alkanes) is 1. The van der Waals surface area contributed by atoms with E-state index in [1.807, 2.05) is 19.9 Å². The van der Waals surface area contributed by atoms with Crippen molar-refractivity contribution in [3.63, 3.8) is 0 Å². The maximum Gasteiger partial charge on any atom is 0.243 e. The van der Waals surface area contributed by atoms with Gasteiger partial charge in [-0.1, -0.05) is 38.1 Å². The van der Waals surface area contributed by atoms with Gasteiger partial charge < -0.3 is 10.8 Å². The second-order valence-corrected chi connectivity index (χ2v) is 9.59. The Bertz CT molecular complexity index is 938. The van der Waals surface area contributed by atoms with Gasteiger partial charge in [0.1, 0.15) is 5.75 Å². The molecule has 6 nitrogen and oxygen atoms in total. The zero-order chi connectivity index (χ0) is 21.6. The molecule has 3 N–H and O–H groups in total. The molecule has 0 atom stereocenters. The second-order valence-electron chi connectivity index (χ2n) is 7.65. The number of phenols is 1. The maximum atomic E-state index is 13.1. The van der Waals surface area contributed by atoms with Crippen LogP contribution in [0.3, 0.4) is 0 Å². The van der Waals surface area contributed by atoms with Gasteiger partial charge in [0.15, 0.2) is 5.78 Å². The lowest BCUT2D eigenvalue weighted by molar-refractivity contribution is 0.101. The Hall–Kier alpha value is -2.38. The number of nitrogens with zero attached hydrogens (tertiary/aromatic N) is 1. The van der Waals surface area contributed by atoms with E-state index in [1.54, 1.807) is 24.3 Å². The van der Waals surface area contributed by atoms with Crippen LogP contribution >= 0.6 is 0 Å². The third kappa shape index (κ3) is 6.05. The number of Topliss-reactive ketones (excluding diaryl/α,β-unsaturated/α-hetero) is 1. The number of aromatic hydroxyl groups is 1. The summed E-state index contributed by atoms with van der Waals surface area (Å²) in [5.41, 5.74) is 7.32. The van der Waals surface area contributed by atoms with Crippen LogP contribution in [0.2, 0.25) is 0 Å². The van der Waals surface area contributed by atoms with Gasteiger partial charge in [-0.3, -0.25) is 4.79 Å². The molecule has 0 heterocycles. The predicted octanol–water partition coefficient (Wildman–Crippen LogP) is 3.85. The molecule has 0 bridgehead atoms. The normalized spacial score (nSPS) is 11.9. The molecule has 0 aliphatic carbocycles. The third-order valence-corrected chi connectivity index (χ3v) is 6.60. The number of sulfonamides is 1. The number of phenolic OH excluding ortho intramolecular Hbond substituents is 1. The number of anilines is 1. The molecule has 7 heteroatoms. The number of carbonyl (C=O) groups excluding carboxylic acids is 1. The van der Waals surface area contributed by atoms with Crippen molar-refractivity contribution in [2.45, 2.75) is 44.9 Å². The fourth-order valence-electron chi connectivity index (χ4n) is 3.14. The first-order chi connectivity index (χ1) is 13.6. The zero-order valence-electron chi connectivity index (χ0n) is 17.3. The predicted molar refractivity (Wildman–Crippen MR) is 116 cm³/mol. The van der Waals surface area contributed by atoms with Gasteiger partial charge in [-0.05, 0) is 55.9 Å². The van der Waals surface area contributed by atoms with E-state index in [4.69, 9.17) is 5.73 Å². The molecule has 29 heavy (non-hydrogen) atoms. The van der Waals surface area contributed by atoms with Crippen LogP contribution < -0.4 is 5.73 Å². The van der Waals surface area contributed by atoms with Crippen LogP contribution in [0.25, 0.3) is 0 Å². The summed E-state index contributed by atoms with van der Waals surface area (Å²) in [5, 5.41) is 10.0. The summed E-state index contributed by atoms with van der Waals surface area (Å²) in [6, 6.07) is 11.3. The summed E-state index contributed by atoms with van der Waals surface area (Å²) in [7, 11) is -3.65. The van der Waals surface area contributed by atoms with Crippen molar-refractivity contribution in [1.29, 1.82) is 0 Å². The molecule has 0 saturated heterocycles. The molecule has 0 fully saturated rings. The largest absolute Gasteiger partial charge is 0.506 e. The molecular weight excluding hydrogens is 388 g/mol. The smallest absolute Gasteiger partial charge is 0.243 e. The van der Waals surface area contributed by atoms with Gasteiger partial charge in [-0.25, -0.2) is 8.42 Å². The number of carbonyl (C=O) groups is 1. The van der Waals surface area contributed by atoms with Crippen LogP contribution in [0.4, 0.5) is 5.69 Å². The van der Waals surface area contributed by atoms with E-state index in [2.05, 4.69) is 0 Å². The molecule has 158 valence electrons. The van der Waals surface area contributed by atoms with Crippen molar-refractivity contribution < 1.29 is 18.3 Å². The average Bonchev–Trinajstić information content (AvgIpc) is 2.67. The number of benzene rings is 2. The van der Waals surface area contributed by atoms with Crippen molar-refractivity contribution >= 4 is 21.5 Å². The van der Waals surface area contributed by atoms with Gasteiger partial charge in [-0.15, -0.1) is 0 Å². The summed E-state index contributed by atoms with van der Waals surface area (Å²) in [6.45, 7) is 6.21. The Morgan fingerprint density at radius 3 is 2.34 bits per heavy atom. The highest BCUT2D eigenvalue weighted by Crippen LogP contribution is 2.26. The molecular formula is C22H30N2O4S. The highest BCUT2D eigenvalue weighted by molar-refractivity contribution is 7.89. The van der Waals surface area contributed by atoms with Crippen LogP contribution in [0.5, 0.6) is 5.75 Å². The lowest BCUT2D eigenvalue weighted by atomic mass is 10.1. The van der Waals surface area contributed by atoms with Gasteiger partial charge in [0.05, 0.1) is 10.6 Å². The first-order valence-corrected chi connectivity index (χ1v) is 11.2. The van der Waals surface area contributed by atoms with E-state index in [1.165, 1.54) is 23.4 Å². The van der Waals surface area contributed by atoms with Crippen LogP contribution in [-0.2, 0) is 16.4 Å². The monoisotopic (exact) mass is 418 g/mol. The first kappa shape index (κ1) is 22.9. The third-order valence-electron chi connectivity index (χ3n) is 4.72. The fourth-order valence-corrected chi connectivity index (χ4v) is 4.79. The number of nitrogen functional groups attached to an aromatic ring is 1. The Morgan fingerprint density at radius 1 is 1.10 bits per heavy atom. The zero-order valence-corrected chi connectivity index (χ0v) is 18.1. The van der Waals surface area contributed by atoms with Crippen molar-refractivity contribution in [2.24, 2.45) is 5.92 Å². The summed E-state index contributed by atoms with van der Waals surface area (Å²) < 4.78 is 27.7. The van der Waals surface area contributed by atoms with Crippen LogP contribution in [0.1, 0.15) is 49.5 Å². The van der Waals surface area contributed by atoms with Crippen molar-refractivity contribution in [3.05, 3.63) is 53.6 Å². The molecule has 2 aromatic rings. The van der Waals surface area contributed by atoms with Crippen LogP contribution in [-0.4, -0.2) is 36.7 Å². The Labute approximate surface area is 173 Å². The molecule has 0 amide bonds. The summed E-state index contributed by atoms with van der Waals surface area (Å²) >= 11 is 0. The molecule has 0 spiro atoms. The molecule has 0 radical (unpaired) electrons. The highest BCUT2D eigenvalue weighted by Gasteiger charge is 2.25. The quantitative estimate of drug-likeness (QED) is 0.264. The van der Waals surface area contributed by atoms with Gasteiger partial charge >= 0.3 is 0 Å². The second kappa shape index (κ2) is 9.89. The number of nitrogens with two attached hydrogens (primary N) is 1. The number of ketones is 1. The lowest BCUT2D eigenvalue weighted by Gasteiger charge is -2.24. The maximum absolute atomic E-state index is 13.1. The summed E-state index contributed by atoms with van der Waals surface area (Å²) in [5.74, 6) is 0.182. The summed E-state index contributed by atoms with van der Waals surface area (Å²) in [6.07, 6.45) is 2.01. The van der Waals surface area contributed by atoms with E-state index in [9.17, 15) is 18.3 Å². The minimum atomic E-state index is -3.65. The first-order valence-electron chi connectivity index (χ1n) is 9.80. The molecule has 0 unspecified atom stereocenters. The summed E-state index contributed by atoms with van der Waals surface area (Å²) in [4.78, 5) is 11.6. The van der Waals surface area contributed by atoms with Crippen LogP contribution in [0.15, 0.2) is 47.4 Å². The molecule has 0 aromatic heterocycles. The van der Waals surface area contributed by atoms with Crippen LogP contribution in [0, 0.1) is 5.92 Å². The standard InChI is InChI=1S/C22H30N2O4S/c1-16(2)15-24(14-5-4-7-19-8-6-9-21(23)22(19)26)29(27,28)20-12-10-18(11-13-20)17(3)25/h6,8-13,16,26H,4-5,7,14-15,23H2,1-3H3. The number of para-hydroxylation sites is 1. The Morgan fingerprint density at radius 2 is 1.76 bits per heavy atom. The molecule has 0 aliphatic heterocycles. The Balaban J connectivity index is 2.07. The van der Waals surface area contributed by atoms with E-state index in [0.29, 0.717) is 37.2 Å².